The summed E-state index contributed by atoms with van der Waals surface area (Å²) >= 11 is 0. The van der Waals surface area contributed by atoms with Crippen LogP contribution in [-0.4, -0.2) is 0 Å². The summed E-state index contributed by atoms with van der Waals surface area (Å²) in [5.41, 5.74) is 10.8. The van der Waals surface area contributed by atoms with Gasteiger partial charge < -0.3 is 17.7 Å². The molecule has 7 rings (SSSR count). The van der Waals surface area contributed by atoms with Crippen molar-refractivity contribution in [3.05, 3.63) is 203 Å². The molecular weight excluding hydrogens is 684 g/mol. The van der Waals surface area contributed by atoms with E-state index < -0.39 is 0 Å². The van der Waals surface area contributed by atoms with E-state index >= 15 is 0 Å². The zero-order valence-corrected chi connectivity index (χ0v) is 31.4. The molecule has 1 heterocycles. The average molecular weight is 733 g/mol. The van der Waals surface area contributed by atoms with Crippen molar-refractivity contribution in [3.63, 3.8) is 0 Å². The second kappa shape index (κ2) is 18.9. The van der Waals surface area contributed by atoms with Crippen molar-refractivity contribution in [3.8, 4) is 0 Å². The first-order valence-electron chi connectivity index (χ1n) is 18.4. The number of nitrogens with one attached hydrogen (secondary N) is 1. The Morgan fingerprint density at radius 2 is 0.922 bits per heavy atom. The predicted molar refractivity (Wildman–Crippen MR) is 204 cm³/mol. The molecule has 262 valence electrons. The average Bonchev–Trinajstić information content (AvgIpc) is 3.15. The van der Waals surface area contributed by atoms with Crippen molar-refractivity contribution >= 4 is 5.69 Å². The maximum Gasteiger partial charge on any atom is 0.228 e. The fourth-order valence-electron chi connectivity index (χ4n) is 8.03. The first-order valence-corrected chi connectivity index (χ1v) is 18.4. The molecule has 0 saturated heterocycles. The molecule has 1 N–H and O–H groups in total. The Morgan fingerprint density at radius 3 is 1.39 bits per heavy atom. The minimum absolute atomic E-state index is 0. The van der Waals surface area contributed by atoms with E-state index in [2.05, 4.69) is 181 Å². The third-order valence-corrected chi connectivity index (χ3v) is 10.5. The molecule has 1 aromatic heterocycles. The van der Waals surface area contributed by atoms with Crippen LogP contribution >= 0.6 is 0 Å². The molecule has 0 aliphatic heterocycles. The van der Waals surface area contributed by atoms with Gasteiger partial charge in [-0.05, 0) is 57.7 Å². The molecule has 0 spiro atoms. The van der Waals surface area contributed by atoms with Crippen LogP contribution in [0, 0.1) is 0 Å². The van der Waals surface area contributed by atoms with Crippen LogP contribution in [0.3, 0.4) is 0 Å². The van der Waals surface area contributed by atoms with E-state index in [0.717, 1.165) is 0 Å². The van der Waals surface area contributed by atoms with Crippen molar-refractivity contribution in [2.45, 2.75) is 75.8 Å². The predicted octanol–water partition coefficient (Wildman–Crippen LogP) is 8.79. The summed E-state index contributed by atoms with van der Waals surface area (Å²) in [6.45, 7) is 2.29. The van der Waals surface area contributed by atoms with Crippen LogP contribution in [-0.2, 0) is 17.1 Å². The van der Waals surface area contributed by atoms with Gasteiger partial charge >= 0.3 is 0 Å². The van der Waals surface area contributed by atoms with E-state index in [0.29, 0.717) is 5.92 Å². The number of anilines is 1. The molecule has 1 saturated carbocycles. The molecule has 0 radical (unpaired) electrons. The molecule has 2 nitrogen and oxygen atoms in total. The quantitative estimate of drug-likeness (QED) is 0.0847. The maximum atomic E-state index is 4.16. The molecule has 1 aliphatic rings. The molecule has 1 aliphatic carbocycles. The van der Waals surface area contributed by atoms with Crippen molar-refractivity contribution in [1.82, 2.24) is 0 Å². The topological polar surface area (TPSA) is 15.9 Å². The third-order valence-electron chi connectivity index (χ3n) is 10.5. The number of nitrogens with zero attached hydrogens (tertiary/aromatic N) is 1. The minimum Gasteiger partial charge on any atom is -1.00 e. The first-order chi connectivity index (χ1) is 24.3. The Bertz CT molecular complexity index is 1800. The SMILES string of the molecule is CC(Nc1c(C2CCCCCCC2)cc(C(c2ccccc2)c2ccccc2)cc1C(c1ccccc1)c1ccccc1)[n+]1ccccc1.[Cl-].[Fe]. The van der Waals surface area contributed by atoms with Crippen molar-refractivity contribution < 1.29 is 34.0 Å². The Morgan fingerprint density at radius 1 is 0.510 bits per heavy atom. The van der Waals surface area contributed by atoms with E-state index in [1.54, 1.807) is 0 Å². The van der Waals surface area contributed by atoms with Crippen molar-refractivity contribution in [2.75, 3.05) is 5.32 Å². The summed E-state index contributed by atoms with van der Waals surface area (Å²) in [5.74, 6) is 0.682. The molecular formula is C47H49ClFeN2. The summed E-state index contributed by atoms with van der Waals surface area (Å²) in [4.78, 5) is 0. The smallest absolute Gasteiger partial charge is 0.228 e. The van der Waals surface area contributed by atoms with Crippen LogP contribution in [0.25, 0.3) is 0 Å². The molecule has 4 heteroatoms. The van der Waals surface area contributed by atoms with Crippen LogP contribution in [0.5, 0.6) is 0 Å². The van der Waals surface area contributed by atoms with Gasteiger partial charge in [-0.25, -0.2) is 0 Å². The Labute approximate surface area is 322 Å². The maximum absolute atomic E-state index is 4.16. The van der Waals surface area contributed by atoms with Gasteiger partial charge in [0.1, 0.15) is 0 Å². The molecule has 1 fully saturated rings. The van der Waals surface area contributed by atoms with Gasteiger partial charge in [-0.1, -0.05) is 172 Å². The van der Waals surface area contributed by atoms with E-state index in [4.69, 9.17) is 0 Å². The molecule has 0 bridgehead atoms. The zero-order chi connectivity index (χ0) is 33.3. The molecule has 1 unspecified atom stereocenters. The fraction of sp³-hybridized carbons (Fsp3) is 0.255. The van der Waals surface area contributed by atoms with E-state index in [9.17, 15) is 0 Å². The number of benzene rings is 5. The third kappa shape index (κ3) is 9.21. The number of halogens is 1. The van der Waals surface area contributed by atoms with Crippen molar-refractivity contribution in [2.24, 2.45) is 0 Å². The van der Waals surface area contributed by atoms with Gasteiger partial charge in [0, 0.05) is 53.6 Å². The number of aromatic nitrogens is 1. The normalized spacial score (nSPS) is 14.1. The van der Waals surface area contributed by atoms with Gasteiger partial charge in [0.2, 0.25) is 6.17 Å². The van der Waals surface area contributed by atoms with Gasteiger partial charge in [0.25, 0.3) is 0 Å². The van der Waals surface area contributed by atoms with Crippen LogP contribution in [0.15, 0.2) is 164 Å². The fourth-order valence-corrected chi connectivity index (χ4v) is 8.03. The monoisotopic (exact) mass is 732 g/mol. The Balaban J connectivity index is 0.00000252. The number of hydrogen-bond donors (Lipinski definition) is 1. The van der Waals surface area contributed by atoms with E-state index in [1.807, 2.05) is 0 Å². The molecule has 0 amide bonds. The molecule has 51 heavy (non-hydrogen) atoms. The summed E-state index contributed by atoms with van der Waals surface area (Å²) in [6.07, 6.45) is 13.5. The number of rotatable bonds is 10. The largest absolute Gasteiger partial charge is 1.00 e. The number of hydrogen-bond acceptors (Lipinski definition) is 1. The van der Waals surface area contributed by atoms with Crippen LogP contribution < -0.4 is 22.3 Å². The van der Waals surface area contributed by atoms with Gasteiger partial charge in [-0.3, -0.25) is 0 Å². The van der Waals surface area contributed by atoms with Gasteiger partial charge in [-0.2, -0.15) is 4.57 Å². The Kier molecular flexibility index (Phi) is 14.1. The second-order valence-electron chi connectivity index (χ2n) is 13.8. The van der Waals surface area contributed by atoms with Crippen molar-refractivity contribution in [1.29, 1.82) is 0 Å². The zero-order valence-electron chi connectivity index (χ0n) is 29.5. The van der Waals surface area contributed by atoms with Gasteiger partial charge in [0.15, 0.2) is 12.4 Å². The van der Waals surface area contributed by atoms with Crippen LogP contribution in [0.1, 0.15) is 115 Å². The van der Waals surface area contributed by atoms with E-state index in [-0.39, 0.29) is 47.5 Å². The molecule has 5 aromatic carbocycles. The number of pyridine rings is 1. The molecule has 1 atom stereocenters. The van der Waals surface area contributed by atoms with Gasteiger partial charge in [-0.15, -0.1) is 0 Å². The summed E-state index contributed by atoms with van der Waals surface area (Å²) in [5, 5.41) is 4.16. The second-order valence-corrected chi connectivity index (χ2v) is 13.8. The standard InChI is InChI=1S/C47H49N2.ClH.Fe/c1-36(49-32-20-9-21-33-49)48-47-43(37-22-10-3-2-4-11-23-37)34-42(45(38-24-12-5-13-25-38)39-26-14-6-15-27-39)35-44(47)46(40-28-16-7-17-29-40)41-30-18-8-19-31-41;;/h5-9,12-21,24-37,45-46,48H,2-4,10-11,22-23H2,1H3;1H;/q+1;;/p-1. The summed E-state index contributed by atoms with van der Waals surface area (Å²) in [6, 6.07) is 56.0. The first kappa shape index (κ1) is 38.1. The molecule has 6 aromatic rings. The van der Waals surface area contributed by atoms with Crippen LogP contribution in [0.2, 0.25) is 0 Å². The summed E-state index contributed by atoms with van der Waals surface area (Å²) < 4.78 is 2.29. The van der Waals surface area contributed by atoms with E-state index in [1.165, 1.54) is 89.6 Å². The van der Waals surface area contributed by atoms with Crippen LogP contribution in [0.4, 0.5) is 5.69 Å². The minimum atomic E-state index is 0. The summed E-state index contributed by atoms with van der Waals surface area (Å²) in [7, 11) is 0. The Hall–Kier alpha value is -4.14. The van der Waals surface area contributed by atoms with Gasteiger partial charge in [0.05, 0.1) is 0 Å².